The van der Waals surface area contributed by atoms with E-state index in [-0.39, 0.29) is 0 Å². The number of benzene rings is 2. The third-order valence-corrected chi connectivity index (χ3v) is 3.08. The van der Waals surface area contributed by atoms with Gasteiger partial charge in [-0.15, -0.1) is 0 Å². The Hall–Kier alpha value is -1.02. The zero-order valence-electron chi connectivity index (χ0n) is 8.13. The predicted molar refractivity (Wildman–Crippen MR) is 62.8 cm³/mol. The number of hydrogen-bond acceptors (Lipinski definition) is 1. The van der Waals surface area contributed by atoms with Crippen LogP contribution in [0, 0.1) is 13.8 Å². The highest BCUT2D eigenvalue weighted by atomic mass is 79.9. The van der Waals surface area contributed by atoms with Crippen LogP contribution in [0.3, 0.4) is 0 Å². The molecule has 0 aliphatic rings. The van der Waals surface area contributed by atoms with E-state index in [1.165, 1.54) is 0 Å². The van der Waals surface area contributed by atoms with E-state index in [9.17, 15) is 5.11 Å². The second-order valence-electron chi connectivity index (χ2n) is 3.53. The number of fused-ring (bicyclic) bond motifs is 1. The van der Waals surface area contributed by atoms with Crippen molar-refractivity contribution in [3.05, 3.63) is 39.9 Å². The van der Waals surface area contributed by atoms with Crippen LogP contribution in [-0.4, -0.2) is 5.11 Å². The van der Waals surface area contributed by atoms with Crippen molar-refractivity contribution in [2.75, 3.05) is 0 Å². The monoisotopic (exact) mass is 250 g/mol. The lowest BCUT2D eigenvalue weighted by Gasteiger charge is -2.08. The van der Waals surface area contributed by atoms with Gasteiger partial charge in [-0.1, -0.05) is 28.1 Å². The van der Waals surface area contributed by atoms with Gasteiger partial charge in [-0.25, -0.2) is 0 Å². The first kappa shape index (κ1) is 9.53. The number of aryl methyl sites for hydroxylation is 1. The molecule has 72 valence electrons. The first-order valence-corrected chi connectivity index (χ1v) is 5.27. The highest BCUT2D eigenvalue weighted by Gasteiger charge is 2.06. The fraction of sp³-hybridized carbons (Fsp3) is 0.167. The summed E-state index contributed by atoms with van der Waals surface area (Å²) in [5.74, 6) is 0.390. The maximum atomic E-state index is 9.94. The molecule has 14 heavy (non-hydrogen) atoms. The van der Waals surface area contributed by atoms with Gasteiger partial charge < -0.3 is 5.11 Å². The smallest absolute Gasteiger partial charge is 0.126 e. The van der Waals surface area contributed by atoms with Gasteiger partial charge in [0.1, 0.15) is 5.75 Å². The lowest BCUT2D eigenvalue weighted by molar-refractivity contribution is 0.477. The molecule has 0 atom stereocenters. The Morgan fingerprint density at radius 1 is 1.14 bits per heavy atom. The molecule has 0 aromatic heterocycles. The highest BCUT2D eigenvalue weighted by molar-refractivity contribution is 9.10. The molecule has 2 aromatic rings. The van der Waals surface area contributed by atoms with E-state index >= 15 is 0 Å². The van der Waals surface area contributed by atoms with Crippen LogP contribution in [0.25, 0.3) is 10.8 Å². The van der Waals surface area contributed by atoms with E-state index < -0.39 is 0 Å². The van der Waals surface area contributed by atoms with Crippen LogP contribution < -0.4 is 0 Å². The summed E-state index contributed by atoms with van der Waals surface area (Å²) in [5, 5.41) is 11.9. The van der Waals surface area contributed by atoms with E-state index in [0.717, 1.165) is 26.4 Å². The van der Waals surface area contributed by atoms with Crippen LogP contribution in [-0.2, 0) is 0 Å². The molecule has 1 nitrogen and oxygen atoms in total. The Labute approximate surface area is 91.5 Å². The fourth-order valence-corrected chi connectivity index (χ4v) is 1.95. The molecule has 0 radical (unpaired) electrons. The number of phenols is 1. The van der Waals surface area contributed by atoms with Crippen LogP contribution >= 0.6 is 15.9 Å². The zero-order valence-corrected chi connectivity index (χ0v) is 9.72. The standard InChI is InChI=1S/C12H11BrO/c1-7-5-9-3-4-10(13)6-11(9)12(14)8(7)2/h3-6,14H,1-2H3. The minimum atomic E-state index is 0.390. The first-order chi connectivity index (χ1) is 6.59. The van der Waals surface area contributed by atoms with Crippen LogP contribution in [0.15, 0.2) is 28.7 Å². The molecule has 1 N–H and O–H groups in total. The summed E-state index contributed by atoms with van der Waals surface area (Å²) < 4.78 is 0.989. The molecular weight excluding hydrogens is 240 g/mol. The summed E-state index contributed by atoms with van der Waals surface area (Å²) in [6.45, 7) is 3.95. The summed E-state index contributed by atoms with van der Waals surface area (Å²) in [7, 11) is 0. The van der Waals surface area contributed by atoms with E-state index in [4.69, 9.17) is 0 Å². The average molecular weight is 251 g/mol. The van der Waals surface area contributed by atoms with Crippen molar-refractivity contribution in [2.24, 2.45) is 0 Å². The second-order valence-corrected chi connectivity index (χ2v) is 4.45. The Morgan fingerprint density at radius 2 is 1.86 bits per heavy atom. The van der Waals surface area contributed by atoms with Gasteiger partial charge in [-0.05, 0) is 42.5 Å². The molecule has 0 amide bonds. The van der Waals surface area contributed by atoms with Gasteiger partial charge in [0.05, 0.1) is 0 Å². The fourth-order valence-electron chi connectivity index (χ4n) is 1.59. The summed E-state index contributed by atoms with van der Waals surface area (Å²) >= 11 is 3.40. The van der Waals surface area contributed by atoms with Crippen molar-refractivity contribution in [1.29, 1.82) is 0 Å². The number of rotatable bonds is 0. The van der Waals surface area contributed by atoms with Gasteiger partial charge in [0.25, 0.3) is 0 Å². The summed E-state index contributed by atoms with van der Waals surface area (Å²) in [6.07, 6.45) is 0. The van der Waals surface area contributed by atoms with E-state index in [2.05, 4.69) is 22.0 Å². The topological polar surface area (TPSA) is 20.2 Å². The molecule has 0 saturated carbocycles. The SMILES string of the molecule is Cc1cc2ccc(Br)cc2c(O)c1C. The average Bonchev–Trinajstić information content (AvgIpc) is 2.16. The summed E-state index contributed by atoms with van der Waals surface area (Å²) in [5.41, 5.74) is 2.08. The molecule has 0 aliphatic carbocycles. The molecule has 2 aromatic carbocycles. The number of aromatic hydroxyl groups is 1. The molecule has 2 heteroatoms. The van der Waals surface area contributed by atoms with Gasteiger partial charge in [0, 0.05) is 9.86 Å². The van der Waals surface area contributed by atoms with Crippen molar-refractivity contribution in [1.82, 2.24) is 0 Å². The second kappa shape index (κ2) is 3.28. The Kier molecular flexibility index (Phi) is 2.23. The normalized spacial score (nSPS) is 10.8. The van der Waals surface area contributed by atoms with Gasteiger partial charge in [-0.2, -0.15) is 0 Å². The first-order valence-electron chi connectivity index (χ1n) is 4.48. The minimum absolute atomic E-state index is 0.390. The van der Waals surface area contributed by atoms with Crippen LogP contribution in [0.4, 0.5) is 0 Å². The number of halogens is 1. The Morgan fingerprint density at radius 3 is 2.57 bits per heavy atom. The van der Waals surface area contributed by atoms with Crippen molar-refractivity contribution in [3.8, 4) is 5.75 Å². The van der Waals surface area contributed by atoms with Crippen molar-refractivity contribution in [3.63, 3.8) is 0 Å². The van der Waals surface area contributed by atoms with Crippen LogP contribution in [0.5, 0.6) is 5.75 Å². The molecule has 0 bridgehead atoms. The summed E-state index contributed by atoms with van der Waals surface area (Å²) in [4.78, 5) is 0. The van der Waals surface area contributed by atoms with Crippen molar-refractivity contribution < 1.29 is 5.11 Å². The molecular formula is C12H11BrO. The Bertz CT molecular complexity index is 503. The maximum absolute atomic E-state index is 9.94. The molecule has 0 saturated heterocycles. The minimum Gasteiger partial charge on any atom is -0.507 e. The van der Waals surface area contributed by atoms with Gasteiger partial charge in [-0.3, -0.25) is 0 Å². The van der Waals surface area contributed by atoms with Gasteiger partial charge >= 0.3 is 0 Å². The van der Waals surface area contributed by atoms with Gasteiger partial charge in [0.2, 0.25) is 0 Å². The maximum Gasteiger partial charge on any atom is 0.126 e. The molecule has 2 rings (SSSR count). The third-order valence-electron chi connectivity index (χ3n) is 2.59. The van der Waals surface area contributed by atoms with E-state index in [1.807, 2.05) is 32.0 Å². The molecule has 0 unspecified atom stereocenters. The lowest BCUT2D eigenvalue weighted by atomic mass is 10.0. The molecule has 0 aliphatic heterocycles. The largest absolute Gasteiger partial charge is 0.507 e. The number of hydrogen-bond donors (Lipinski definition) is 1. The highest BCUT2D eigenvalue weighted by Crippen LogP contribution is 2.32. The van der Waals surface area contributed by atoms with Gasteiger partial charge in [0.15, 0.2) is 0 Å². The predicted octanol–water partition coefficient (Wildman–Crippen LogP) is 3.92. The summed E-state index contributed by atoms with van der Waals surface area (Å²) in [6, 6.07) is 8.02. The lowest BCUT2D eigenvalue weighted by Crippen LogP contribution is -1.84. The Balaban J connectivity index is 2.92. The molecule has 0 heterocycles. The van der Waals surface area contributed by atoms with Crippen LogP contribution in [0.2, 0.25) is 0 Å². The van der Waals surface area contributed by atoms with Crippen molar-refractivity contribution in [2.45, 2.75) is 13.8 Å². The quantitative estimate of drug-likeness (QED) is 0.752. The third kappa shape index (κ3) is 1.40. The zero-order chi connectivity index (χ0) is 10.3. The van der Waals surface area contributed by atoms with E-state index in [1.54, 1.807) is 0 Å². The van der Waals surface area contributed by atoms with E-state index in [0.29, 0.717) is 5.75 Å². The molecule has 0 spiro atoms. The number of phenolic OH excluding ortho intramolecular Hbond substituents is 1. The molecule has 0 fully saturated rings. The van der Waals surface area contributed by atoms with Crippen molar-refractivity contribution >= 4 is 26.7 Å². The van der Waals surface area contributed by atoms with Crippen LogP contribution in [0.1, 0.15) is 11.1 Å².